The molecule has 0 heterocycles. The van der Waals surface area contributed by atoms with Crippen LogP contribution < -0.4 is 16.0 Å². The monoisotopic (exact) mass is 318 g/mol. The minimum atomic E-state index is -0.782. The normalized spacial score (nSPS) is 13.5. The van der Waals surface area contributed by atoms with Gasteiger partial charge in [0.2, 0.25) is 0 Å². The Morgan fingerprint density at radius 3 is 2.48 bits per heavy atom. The van der Waals surface area contributed by atoms with E-state index in [0.29, 0.717) is 24.3 Å². The van der Waals surface area contributed by atoms with Crippen LogP contribution >= 0.6 is 0 Å². The number of amides is 3. The van der Waals surface area contributed by atoms with Crippen LogP contribution in [0.15, 0.2) is 24.3 Å². The largest absolute Gasteiger partial charge is 0.349 e. The third-order valence-corrected chi connectivity index (χ3v) is 3.38. The number of nitrogens with one attached hydrogen (secondary N) is 3. The summed E-state index contributed by atoms with van der Waals surface area (Å²) in [5.41, 5.74) is 0.687. The Kier molecular flexibility index (Phi) is 5.70. The molecule has 0 aliphatic heterocycles. The van der Waals surface area contributed by atoms with Gasteiger partial charge in [0.25, 0.3) is 5.91 Å². The zero-order valence-corrected chi connectivity index (χ0v) is 13.4. The van der Waals surface area contributed by atoms with Gasteiger partial charge in [-0.1, -0.05) is 12.1 Å². The number of rotatable bonds is 6. The number of nitrogens with zero attached hydrogens (tertiary/aromatic N) is 1. The molecule has 0 spiro atoms. The summed E-state index contributed by atoms with van der Waals surface area (Å²) in [7, 11) is 3.75. The smallest absolute Gasteiger partial charge is 0.313 e. The van der Waals surface area contributed by atoms with Gasteiger partial charge < -0.3 is 20.9 Å². The molecule has 1 aromatic rings. The molecule has 3 amide bonds. The summed E-state index contributed by atoms with van der Waals surface area (Å²) in [4.78, 5) is 37.7. The topological polar surface area (TPSA) is 90.5 Å². The average molecular weight is 318 g/mol. The first-order valence-electron chi connectivity index (χ1n) is 7.61. The number of para-hydroxylation sites is 1. The second-order valence-corrected chi connectivity index (χ2v) is 5.81. The van der Waals surface area contributed by atoms with Crippen molar-refractivity contribution in [2.45, 2.75) is 18.9 Å². The predicted octanol–water partition coefficient (Wildman–Crippen LogP) is 0.195. The molecular formula is C16H22N4O3. The van der Waals surface area contributed by atoms with E-state index >= 15 is 0 Å². The molecule has 0 saturated heterocycles. The molecule has 3 N–H and O–H groups in total. The molecular weight excluding hydrogens is 296 g/mol. The highest BCUT2D eigenvalue weighted by Crippen LogP contribution is 2.21. The minimum absolute atomic E-state index is 0.223. The fourth-order valence-electron chi connectivity index (χ4n) is 1.93. The summed E-state index contributed by atoms with van der Waals surface area (Å²) < 4.78 is 0. The third kappa shape index (κ3) is 5.37. The Labute approximate surface area is 135 Å². The molecule has 23 heavy (non-hydrogen) atoms. The number of benzene rings is 1. The first-order chi connectivity index (χ1) is 11.0. The van der Waals surface area contributed by atoms with Crippen molar-refractivity contribution in [2.24, 2.45) is 0 Å². The molecule has 0 atom stereocenters. The second-order valence-electron chi connectivity index (χ2n) is 5.81. The molecule has 0 aromatic heterocycles. The minimum Gasteiger partial charge on any atom is -0.349 e. The highest BCUT2D eigenvalue weighted by molar-refractivity contribution is 6.40. The Hall–Kier alpha value is -2.41. The number of carbonyl (C=O) groups is 3. The van der Waals surface area contributed by atoms with Crippen LogP contribution in [0.3, 0.4) is 0 Å². The fourth-order valence-corrected chi connectivity index (χ4v) is 1.93. The molecule has 7 heteroatoms. The van der Waals surface area contributed by atoms with Gasteiger partial charge in [-0.2, -0.15) is 0 Å². The van der Waals surface area contributed by atoms with Gasteiger partial charge in [0.1, 0.15) is 0 Å². The maximum Gasteiger partial charge on any atom is 0.313 e. The molecule has 1 saturated carbocycles. The lowest BCUT2D eigenvalue weighted by molar-refractivity contribution is -0.136. The van der Waals surface area contributed by atoms with E-state index in [4.69, 9.17) is 0 Å². The predicted molar refractivity (Wildman–Crippen MR) is 87.1 cm³/mol. The van der Waals surface area contributed by atoms with E-state index in [1.807, 2.05) is 19.0 Å². The van der Waals surface area contributed by atoms with Crippen LogP contribution in [0.4, 0.5) is 5.69 Å². The highest BCUT2D eigenvalue weighted by Gasteiger charge is 2.25. The molecule has 0 unspecified atom stereocenters. The lowest BCUT2D eigenvalue weighted by Gasteiger charge is -2.12. The maximum absolute atomic E-state index is 12.1. The molecule has 1 aromatic carbocycles. The van der Waals surface area contributed by atoms with Crippen molar-refractivity contribution >= 4 is 23.4 Å². The number of carbonyl (C=O) groups excluding carboxylic acids is 3. The lowest BCUT2D eigenvalue weighted by Crippen LogP contribution is -2.39. The van der Waals surface area contributed by atoms with Crippen LogP contribution in [0.2, 0.25) is 0 Å². The molecule has 1 fully saturated rings. The van der Waals surface area contributed by atoms with Crippen molar-refractivity contribution in [3.63, 3.8) is 0 Å². The van der Waals surface area contributed by atoms with E-state index in [2.05, 4.69) is 16.0 Å². The van der Waals surface area contributed by atoms with Gasteiger partial charge in [0, 0.05) is 19.1 Å². The number of likely N-dealkylation sites (N-methyl/N-ethyl adjacent to an activating group) is 1. The zero-order chi connectivity index (χ0) is 16.8. The van der Waals surface area contributed by atoms with Gasteiger partial charge in [-0.3, -0.25) is 14.4 Å². The summed E-state index contributed by atoms with van der Waals surface area (Å²) >= 11 is 0. The van der Waals surface area contributed by atoms with Crippen molar-refractivity contribution in [1.29, 1.82) is 0 Å². The average Bonchev–Trinajstić information content (AvgIpc) is 3.31. The van der Waals surface area contributed by atoms with E-state index in [9.17, 15) is 14.4 Å². The molecule has 2 rings (SSSR count). The second kappa shape index (κ2) is 7.73. The Bertz CT molecular complexity index is 597. The van der Waals surface area contributed by atoms with E-state index in [0.717, 1.165) is 12.8 Å². The number of hydrogen-bond acceptors (Lipinski definition) is 4. The van der Waals surface area contributed by atoms with Crippen molar-refractivity contribution in [3.05, 3.63) is 29.8 Å². The summed E-state index contributed by atoms with van der Waals surface area (Å²) in [5.74, 6) is -1.74. The molecule has 0 radical (unpaired) electrons. The highest BCUT2D eigenvalue weighted by atomic mass is 16.2. The van der Waals surface area contributed by atoms with E-state index in [1.165, 1.54) is 0 Å². The Morgan fingerprint density at radius 2 is 1.83 bits per heavy atom. The van der Waals surface area contributed by atoms with Gasteiger partial charge in [0.05, 0.1) is 11.3 Å². The van der Waals surface area contributed by atoms with Gasteiger partial charge in [-0.05, 0) is 39.1 Å². The van der Waals surface area contributed by atoms with Crippen LogP contribution in [-0.4, -0.2) is 55.8 Å². The molecule has 1 aliphatic rings. The summed E-state index contributed by atoms with van der Waals surface area (Å²) in [5, 5.41) is 7.89. The Balaban J connectivity index is 1.94. The van der Waals surface area contributed by atoms with Crippen LogP contribution in [0.25, 0.3) is 0 Å². The molecule has 124 valence electrons. The first kappa shape index (κ1) is 17.0. The van der Waals surface area contributed by atoms with Crippen molar-refractivity contribution in [1.82, 2.24) is 15.5 Å². The first-order valence-corrected chi connectivity index (χ1v) is 7.61. The third-order valence-electron chi connectivity index (χ3n) is 3.38. The van der Waals surface area contributed by atoms with Crippen molar-refractivity contribution < 1.29 is 14.4 Å². The van der Waals surface area contributed by atoms with Crippen LogP contribution in [0.5, 0.6) is 0 Å². The van der Waals surface area contributed by atoms with Crippen molar-refractivity contribution in [2.75, 3.05) is 32.5 Å². The van der Waals surface area contributed by atoms with E-state index in [1.54, 1.807) is 24.3 Å². The van der Waals surface area contributed by atoms with Gasteiger partial charge in [0.15, 0.2) is 0 Å². The standard InChI is InChI=1S/C16H22N4O3/c1-20(2)10-9-17-15(22)16(23)19-13-6-4-3-5-12(13)14(21)18-11-7-8-11/h3-6,11H,7-10H2,1-2H3,(H,17,22)(H,18,21)(H,19,23). The fraction of sp³-hybridized carbons (Fsp3) is 0.438. The quantitative estimate of drug-likeness (QED) is 0.653. The summed E-state index contributed by atoms with van der Waals surface area (Å²) in [6, 6.07) is 6.87. The van der Waals surface area contributed by atoms with Crippen LogP contribution in [-0.2, 0) is 9.59 Å². The molecule has 1 aliphatic carbocycles. The molecule has 0 bridgehead atoms. The van der Waals surface area contributed by atoms with Gasteiger partial charge in [-0.15, -0.1) is 0 Å². The molecule has 7 nitrogen and oxygen atoms in total. The SMILES string of the molecule is CN(C)CCNC(=O)C(=O)Nc1ccccc1C(=O)NC1CC1. The number of hydrogen-bond donors (Lipinski definition) is 3. The van der Waals surface area contributed by atoms with Crippen molar-refractivity contribution in [3.8, 4) is 0 Å². The number of anilines is 1. The lowest BCUT2D eigenvalue weighted by atomic mass is 10.1. The van der Waals surface area contributed by atoms with E-state index < -0.39 is 11.8 Å². The van der Waals surface area contributed by atoms with Crippen LogP contribution in [0.1, 0.15) is 23.2 Å². The summed E-state index contributed by atoms with van der Waals surface area (Å²) in [6.45, 7) is 1.02. The maximum atomic E-state index is 12.1. The zero-order valence-electron chi connectivity index (χ0n) is 13.4. The van der Waals surface area contributed by atoms with Gasteiger partial charge >= 0.3 is 11.8 Å². The Morgan fingerprint density at radius 1 is 1.13 bits per heavy atom. The van der Waals surface area contributed by atoms with Crippen LogP contribution in [0, 0.1) is 0 Å². The van der Waals surface area contributed by atoms with E-state index in [-0.39, 0.29) is 11.9 Å². The summed E-state index contributed by atoms with van der Waals surface area (Å²) in [6.07, 6.45) is 1.96. The van der Waals surface area contributed by atoms with Gasteiger partial charge in [-0.25, -0.2) is 0 Å².